The monoisotopic (exact) mass is 190 g/mol. The van der Waals surface area contributed by atoms with Gasteiger partial charge >= 0.3 is 0 Å². The molecule has 2 aromatic rings. The molecule has 0 fully saturated rings. The van der Waals surface area contributed by atoms with Crippen molar-refractivity contribution in [1.29, 1.82) is 0 Å². The Morgan fingerprint density at radius 2 is 1.50 bits per heavy atom. The Morgan fingerprint density at radius 1 is 0.929 bits per heavy atom. The topological polar surface area (TPSA) is 71.8 Å². The fraction of sp³-hybridized carbons (Fsp3) is 0.111. The maximum Gasteiger partial charge on any atom is 0.153 e. The zero-order valence-electron chi connectivity index (χ0n) is 7.48. The van der Waals surface area contributed by atoms with Gasteiger partial charge in [0.25, 0.3) is 0 Å². The Hall–Kier alpha value is -1.88. The van der Waals surface area contributed by atoms with Crippen LogP contribution < -0.4 is 0 Å². The molecule has 1 N–H and O–H groups in total. The van der Waals surface area contributed by atoms with Crippen molar-refractivity contribution in [3.05, 3.63) is 49.1 Å². The molecule has 0 aromatic carbocycles. The summed E-state index contributed by atoms with van der Waals surface area (Å²) in [5.41, 5.74) is 0. The van der Waals surface area contributed by atoms with E-state index in [1.54, 1.807) is 36.9 Å². The number of nitrogens with zero attached hydrogens (tertiary/aromatic N) is 4. The molecule has 2 heterocycles. The summed E-state index contributed by atoms with van der Waals surface area (Å²) >= 11 is 0. The molecule has 5 heteroatoms. The zero-order chi connectivity index (χ0) is 10.1. The fourth-order valence-corrected chi connectivity index (χ4v) is 0.665. The van der Waals surface area contributed by atoms with Crippen LogP contribution >= 0.6 is 0 Å². The molecule has 0 radical (unpaired) electrons. The van der Waals surface area contributed by atoms with Crippen LogP contribution in [0.15, 0.2) is 43.2 Å². The van der Waals surface area contributed by atoms with Crippen molar-refractivity contribution < 1.29 is 5.11 Å². The van der Waals surface area contributed by atoms with Gasteiger partial charge in [0.1, 0.15) is 12.9 Å². The average Bonchev–Trinajstić information content (AvgIpc) is 2.33. The largest absolute Gasteiger partial charge is 0.388 e. The van der Waals surface area contributed by atoms with Crippen molar-refractivity contribution in [1.82, 2.24) is 19.9 Å². The van der Waals surface area contributed by atoms with Crippen molar-refractivity contribution in [3.63, 3.8) is 0 Å². The van der Waals surface area contributed by atoms with Crippen molar-refractivity contribution in [2.24, 2.45) is 0 Å². The van der Waals surface area contributed by atoms with Crippen LogP contribution in [0.2, 0.25) is 0 Å². The Balaban J connectivity index is 0.000000146. The Bertz CT molecular complexity index is 300. The first-order valence-electron chi connectivity index (χ1n) is 4.00. The lowest BCUT2D eigenvalue weighted by Crippen LogP contribution is -1.90. The average molecular weight is 190 g/mol. The number of aliphatic hydroxyl groups is 1. The van der Waals surface area contributed by atoms with Gasteiger partial charge in [-0.25, -0.2) is 19.9 Å². The quantitative estimate of drug-likeness (QED) is 0.706. The van der Waals surface area contributed by atoms with E-state index in [1.807, 2.05) is 0 Å². The third-order valence-electron chi connectivity index (χ3n) is 1.24. The molecule has 5 nitrogen and oxygen atoms in total. The van der Waals surface area contributed by atoms with Gasteiger partial charge in [0.15, 0.2) is 5.82 Å². The molecule has 0 bridgehead atoms. The van der Waals surface area contributed by atoms with Crippen LogP contribution in [0.1, 0.15) is 5.82 Å². The van der Waals surface area contributed by atoms with E-state index in [9.17, 15) is 0 Å². The highest BCUT2D eigenvalue weighted by atomic mass is 16.3. The minimum absolute atomic E-state index is 0.0825. The molecular weight excluding hydrogens is 180 g/mol. The maximum atomic E-state index is 8.41. The highest BCUT2D eigenvalue weighted by Crippen LogP contribution is 1.83. The van der Waals surface area contributed by atoms with Gasteiger partial charge in [-0.2, -0.15) is 0 Å². The van der Waals surface area contributed by atoms with E-state index >= 15 is 0 Å². The van der Waals surface area contributed by atoms with Gasteiger partial charge in [-0.05, 0) is 12.1 Å². The SMILES string of the molecule is OCc1ncccn1.c1cncnc1. The van der Waals surface area contributed by atoms with E-state index in [0.29, 0.717) is 5.82 Å². The fourth-order valence-electron chi connectivity index (χ4n) is 0.665. The van der Waals surface area contributed by atoms with Gasteiger partial charge in [-0.3, -0.25) is 0 Å². The van der Waals surface area contributed by atoms with Crippen molar-refractivity contribution >= 4 is 0 Å². The highest BCUT2D eigenvalue weighted by molar-refractivity contribution is 4.85. The minimum atomic E-state index is -0.0825. The molecule has 0 aliphatic heterocycles. The Kier molecular flexibility index (Phi) is 4.82. The predicted molar refractivity (Wildman–Crippen MR) is 50.0 cm³/mol. The first-order chi connectivity index (χ1) is 6.93. The summed E-state index contributed by atoms with van der Waals surface area (Å²) in [5, 5.41) is 8.41. The van der Waals surface area contributed by atoms with E-state index in [2.05, 4.69) is 19.9 Å². The summed E-state index contributed by atoms with van der Waals surface area (Å²) in [6, 6.07) is 3.49. The van der Waals surface area contributed by atoms with Crippen molar-refractivity contribution in [3.8, 4) is 0 Å². The molecule has 72 valence electrons. The second-order valence-electron chi connectivity index (χ2n) is 2.23. The normalized spacial score (nSPS) is 8.64. The number of aliphatic hydroxyl groups excluding tert-OH is 1. The van der Waals surface area contributed by atoms with E-state index < -0.39 is 0 Å². The molecule has 0 unspecified atom stereocenters. The van der Waals surface area contributed by atoms with Crippen LogP contribution in [0.4, 0.5) is 0 Å². The predicted octanol–water partition coefficient (Wildman–Crippen LogP) is 0.446. The number of rotatable bonds is 1. The number of aromatic nitrogens is 4. The number of hydrogen-bond donors (Lipinski definition) is 1. The van der Waals surface area contributed by atoms with Crippen molar-refractivity contribution in [2.75, 3.05) is 0 Å². The summed E-state index contributed by atoms with van der Waals surface area (Å²) in [6.45, 7) is -0.0825. The standard InChI is InChI=1S/C5H6N2O.C4H4N2/c8-4-5-6-2-1-3-7-5;1-2-5-4-6-3-1/h1-3,8H,4H2;1-4H. The lowest BCUT2D eigenvalue weighted by atomic mass is 10.6. The lowest BCUT2D eigenvalue weighted by molar-refractivity contribution is 0.271. The molecule has 2 aromatic heterocycles. The molecule has 0 atom stereocenters. The van der Waals surface area contributed by atoms with E-state index in [0.717, 1.165) is 0 Å². The molecule has 0 spiro atoms. The molecule has 0 aliphatic rings. The zero-order valence-corrected chi connectivity index (χ0v) is 7.48. The minimum Gasteiger partial charge on any atom is -0.388 e. The number of hydrogen-bond acceptors (Lipinski definition) is 5. The third-order valence-corrected chi connectivity index (χ3v) is 1.24. The second kappa shape index (κ2) is 6.62. The smallest absolute Gasteiger partial charge is 0.153 e. The molecule has 14 heavy (non-hydrogen) atoms. The van der Waals surface area contributed by atoms with Crippen LogP contribution in [0.5, 0.6) is 0 Å². The second-order valence-corrected chi connectivity index (χ2v) is 2.23. The lowest BCUT2D eigenvalue weighted by Gasteiger charge is -1.87. The van der Waals surface area contributed by atoms with Crippen LogP contribution in [0, 0.1) is 0 Å². The van der Waals surface area contributed by atoms with Gasteiger partial charge in [-0.1, -0.05) is 0 Å². The molecule has 0 aliphatic carbocycles. The Labute approximate surface area is 81.5 Å². The molecule has 0 amide bonds. The van der Waals surface area contributed by atoms with Crippen LogP contribution in [0.25, 0.3) is 0 Å². The summed E-state index contributed by atoms with van der Waals surface area (Å²) in [4.78, 5) is 14.8. The summed E-state index contributed by atoms with van der Waals surface area (Å²) in [7, 11) is 0. The Morgan fingerprint density at radius 3 is 1.79 bits per heavy atom. The molecule has 0 saturated carbocycles. The van der Waals surface area contributed by atoms with E-state index in [-0.39, 0.29) is 6.61 Å². The summed E-state index contributed by atoms with van der Waals surface area (Å²) < 4.78 is 0. The third kappa shape index (κ3) is 4.22. The van der Waals surface area contributed by atoms with Crippen molar-refractivity contribution in [2.45, 2.75) is 6.61 Å². The molecular formula is C9H10N4O. The first-order valence-corrected chi connectivity index (χ1v) is 4.00. The summed E-state index contributed by atoms with van der Waals surface area (Å²) in [6.07, 6.45) is 8.07. The van der Waals surface area contributed by atoms with Gasteiger partial charge in [0.05, 0.1) is 0 Å². The molecule has 0 saturated heterocycles. The van der Waals surface area contributed by atoms with Gasteiger partial charge < -0.3 is 5.11 Å². The summed E-state index contributed by atoms with van der Waals surface area (Å²) in [5.74, 6) is 0.465. The van der Waals surface area contributed by atoms with E-state index in [1.165, 1.54) is 6.33 Å². The molecule has 2 rings (SSSR count). The van der Waals surface area contributed by atoms with Gasteiger partial charge in [0.2, 0.25) is 0 Å². The van der Waals surface area contributed by atoms with Crippen LogP contribution in [0.3, 0.4) is 0 Å². The van der Waals surface area contributed by atoms with Crippen LogP contribution in [-0.2, 0) is 6.61 Å². The van der Waals surface area contributed by atoms with Gasteiger partial charge in [0, 0.05) is 24.8 Å². The highest BCUT2D eigenvalue weighted by Gasteiger charge is 1.84. The van der Waals surface area contributed by atoms with Gasteiger partial charge in [-0.15, -0.1) is 0 Å². The first kappa shape index (κ1) is 10.2. The van der Waals surface area contributed by atoms with Crippen LogP contribution in [-0.4, -0.2) is 25.0 Å². The van der Waals surface area contributed by atoms with E-state index in [4.69, 9.17) is 5.11 Å². The maximum absolute atomic E-state index is 8.41.